The number of hydrogen-bond acceptors (Lipinski definition) is 1. The minimum absolute atomic E-state index is 0.0681. The molecule has 0 bridgehead atoms. The molecule has 0 saturated carbocycles. The van der Waals surface area contributed by atoms with Crippen molar-refractivity contribution >= 4 is 34.1 Å². The van der Waals surface area contributed by atoms with Crippen molar-refractivity contribution in [1.29, 1.82) is 0 Å². The van der Waals surface area contributed by atoms with Crippen molar-refractivity contribution in [2.45, 2.75) is 11.8 Å². The third kappa shape index (κ3) is 1.62. The molecule has 1 atom stereocenters. The molecule has 1 fully saturated rings. The van der Waals surface area contributed by atoms with Crippen LogP contribution in [0.2, 0.25) is 0 Å². The van der Waals surface area contributed by atoms with E-state index in [0.29, 0.717) is 13.0 Å². The SMILES string of the molecule is Cn1ccc2c(N3CC(Cl)CC3=O)cccc21. The van der Waals surface area contributed by atoms with Crippen LogP contribution in [0.4, 0.5) is 5.69 Å². The third-order valence-electron chi connectivity index (χ3n) is 3.27. The molecule has 3 rings (SSSR count). The molecule has 1 aromatic heterocycles. The fourth-order valence-corrected chi connectivity index (χ4v) is 2.69. The van der Waals surface area contributed by atoms with Crippen molar-refractivity contribution in [1.82, 2.24) is 4.57 Å². The van der Waals surface area contributed by atoms with Gasteiger partial charge in [0, 0.05) is 37.1 Å². The Hall–Kier alpha value is -1.48. The van der Waals surface area contributed by atoms with Crippen molar-refractivity contribution in [3.05, 3.63) is 30.5 Å². The molecule has 88 valence electrons. The summed E-state index contributed by atoms with van der Waals surface area (Å²) in [6.45, 7) is 0.606. The number of hydrogen-bond donors (Lipinski definition) is 0. The number of fused-ring (bicyclic) bond motifs is 1. The maximum Gasteiger partial charge on any atom is 0.228 e. The Morgan fingerprint density at radius 1 is 1.35 bits per heavy atom. The van der Waals surface area contributed by atoms with Gasteiger partial charge in [-0.1, -0.05) is 6.07 Å². The van der Waals surface area contributed by atoms with E-state index in [0.717, 1.165) is 16.6 Å². The quantitative estimate of drug-likeness (QED) is 0.712. The second kappa shape index (κ2) is 3.77. The molecule has 1 aliphatic rings. The fraction of sp³-hybridized carbons (Fsp3) is 0.308. The molecule has 2 aromatic rings. The number of carbonyl (C=O) groups is 1. The maximum atomic E-state index is 11.9. The Bertz CT molecular complexity index is 590. The highest BCUT2D eigenvalue weighted by molar-refractivity contribution is 6.24. The minimum atomic E-state index is -0.0681. The molecule has 1 unspecified atom stereocenters. The Labute approximate surface area is 105 Å². The molecule has 4 heteroatoms. The van der Waals surface area contributed by atoms with Crippen LogP contribution in [0, 0.1) is 0 Å². The van der Waals surface area contributed by atoms with Crippen molar-refractivity contribution < 1.29 is 4.79 Å². The Kier molecular flexibility index (Phi) is 2.37. The highest BCUT2D eigenvalue weighted by Gasteiger charge is 2.30. The van der Waals surface area contributed by atoms with Crippen molar-refractivity contribution in [2.75, 3.05) is 11.4 Å². The molecule has 3 nitrogen and oxygen atoms in total. The summed E-state index contributed by atoms with van der Waals surface area (Å²) in [5, 5.41) is 1.04. The van der Waals surface area contributed by atoms with E-state index in [-0.39, 0.29) is 11.3 Å². The molecular weight excluding hydrogens is 236 g/mol. The van der Waals surface area contributed by atoms with E-state index in [1.807, 2.05) is 31.4 Å². The number of benzene rings is 1. The minimum Gasteiger partial charge on any atom is -0.350 e. The van der Waals surface area contributed by atoms with Crippen molar-refractivity contribution in [3.63, 3.8) is 0 Å². The van der Waals surface area contributed by atoms with Crippen molar-refractivity contribution in [3.8, 4) is 0 Å². The van der Waals surface area contributed by atoms with Gasteiger partial charge in [-0.3, -0.25) is 4.79 Å². The molecule has 0 radical (unpaired) electrons. The third-order valence-corrected chi connectivity index (χ3v) is 3.57. The highest BCUT2D eigenvalue weighted by Crippen LogP contribution is 2.31. The van der Waals surface area contributed by atoms with E-state index in [1.54, 1.807) is 4.90 Å². The van der Waals surface area contributed by atoms with Crippen LogP contribution in [-0.2, 0) is 11.8 Å². The lowest BCUT2D eigenvalue weighted by Gasteiger charge is -2.17. The van der Waals surface area contributed by atoms with Gasteiger partial charge in [0.1, 0.15) is 0 Å². The first kappa shape index (κ1) is 10.7. The van der Waals surface area contributed by atoms with Crippen LogP contribution < -0.4 is 4.90 Å². The maximum absolute atomic E-state index is 11.9. The van der Waals surface area contributed by atoms with E-state index in [4.69, 9.17) is 11.6 Å². The summed E-state index contributed by atoms with van der Waals surface area (Å²) in [5.74, 6) is 0.112. The standard InChI is InChI=1S/C13H13ClN2O/c1-15-6-5-10-11(15)3-2-4-12(10)16-8-9(14)7-13(16)17/h2-6,9H,7-8H2,1H3. The average Bonchev–Trinajstić information content (AvgIpc) is 2.83. The van der Waals surface area contributed by atoms with Crippen LogP contribution in [0.15, 0.2) is 30.5 Å². The van der Waals surface area contributed by atoms with E-state index in [1.165, 1.54) is 0 Å². The van der Waals surface area contributed by atoms with Gasteiger partial charge in [0.2, 0.25) is 5.91 Å². The summed E-state index contributed by atoms with van der Waals surface area (Å²) < 4.78 is 2.05. The molecule has 1 amide bonds. The lowest BCUT2D eigenvalue weighted by atomic mass is 10.2. The van der Waals surface area contributed by atoms with E-state index in [2.05, 4.69) is 10.6 Å². The highest BCUT2D eigenvalue weighted by atomic mass is 35.5. The summed E-state index contributed by atoms with van der Waals surface area (Å²) >= 11 is 6.04. The number of rotatable bonds is 1. The van der Waals surface area contributed by atoms with Crippen LogP contribution >= 0.6 is 11.6 Å². The number of anilines is 1. The monoisotopic (exact) mass is 248 g/mol. The summed E-state index contributed by atoms with van der Waals surface area (Å²) in [7, 11) is 2.00. The van der Waals surface area contributed by atoms with Gasteiger partial charge in [0.05, 0.1) is 11.1 Å². The fourth-order valence-electron chi connectivity index (χ4n) is 2.42. The van der Waals surface area contributed by atoms with Crippen LogP contribution in [0.25, 0.3) is 10.9 Å². The van der Waals surface area contributed by atoms with Crippen molar-refractivity contribution in [2.24, 2.45) is 7.05 Å². The summed E-state index contributed by atoms with van der Waals surface area (Å²) in [4.78, 5) is 13.7. The number of carbonyl (C=O) groups excluding carboxylic acids is 1. The summed E-state index contributed by atoms with van der Waals surface area (Å²) in [6, 6.07) is 8.05. The normalized spacial score (nSPS) is 20.5. The topological polar surface area (TPSA) is 25.2 Å². The number of aromatic nitrogens is 1. The molecule has 1 aromatic carbocycles. The van der Waals surface area contributed by atoms with Gasteiger partial charge in [-0.05, 0) is 18.2 Å². The Balaban J connectivity index is 2.14. The molecule has 17 heavy (non-hydrogen) atoms. The molecule has 2 heterocycles. The predicted molar refractivity (Wildman–Crippen MR) is 69.5 cm³/mol. The van der Waals surface area contributed by atoms with E-state index >= 15 is 0 Å². The molecule has 0 aliphatic carbocycles. The second-order valence-electron chi connectivity index (χ2n) is 4.44. The van der Waals surface area contributed by atoms with Gasteiger partial charge >= 0.3 is 0 Å². The first-order valence-electron chi connectivity index (χ1n) is 5.65. The van der Waals surface area contributed by atoms with Gasteiger partial charge in [-0.15, -0.1) is 11.6 Å². The van der Waals surface area contributed by atoms with Gasteiger partial charge in [0.15, 0.2) is 0 Å². The molecule has 1 saturated heterocycles. The Morgan fingerprint density at radius 2 is 2.18 bits per heavy atom. The average molecular weight is 249 g/mol. The Morgan fingerprint density at radius 3 is 2.88 bits per heavy atom. The predicted octanol–water partition coefficient (Wildman–Crippen LogP) is 2.52. The number of amides is 1. The smallest absolute Gasteiger partial charge is 0.228 e. The van der Waals surface area contributed by atoms with Crippen LogP contribution in [0.3, 0.4) is 0 Å². The lowest BCUT2D eigenvalue weighted by molar-refractivity contribution is -0.117. The largest absolute Gasteiger partial charge is 0.350 e. The van der Waals surface area contributed by atoms with Gasteiger partial charge in [-0.2, -0.15) is 0 Å². The second-order valence-corrected chi connectivity index (χ2v) is 5.06. The number of alkyl halides is 1. The van der Waals surface area contributed by atoms with Gasteiger partial charge in [-0.25, -0.2) is 0 Å². The zero-order valence-electron chi connectivity index (χ0n) is 9.56. The van der Waals surface area contributed by atoms with E-state index in [9.17, 15) is 4.79 Å². The molecule has 0 N–H and O–H groups in total. The number of aryl methyl sites for hydroxylation is 1. The first-order valence-corrected chi connectivity index (χ1v) is 6.09. The van der Waals surface area contributed by atoms with Crippen LogP contribution in [0.1, 0.15) is 6.42 Å². The lowest BCUT2D eigenvalue weighted by Crippen LogP contribution is -2.24. The zero-order valence-corrected chi connectivity index (χ0v) is 10.3. The zero-order chi connectivity index (χ0) is 12.0. The van der Waals surface area contributed by atoms with Gasteiger partial charge in [0.25, 0.3) is 0 Å². The number of halogens is 1. The summed E-state index contributed by atoms with van der Waals surface area (Å²) in [6.07, 6.45) is 2.44. The molecular formula is C13H13ClN2O. The van der Waals surface area contributed by atoms with E-state index < -0.39 is 0 Å². The number of nitrogens with zero attached hydrogens (tertiary/aromatic N) is 2. The van der Waals surface area contributed by atoms with Crippen LogP contribution in [-0.4, -0.2) is 22.4 Å². The molecule has 0 spiro atoms. The van der Waals surface area contributed by atoms with Crippen LogP contribution in [0.5, 0.6) is 0 Å². The molecule has 1 aliphatic heterocycles. The first-order chi connectivity index (χ1) is 8.16. The van der Waals surface area contributed by atoms with Gasteiger partial charge < -0.3 is 9.47 Å². The summed E-state index contributed by atoms with van der Waals surface area (Å²) in [5.41, 5.74) is 2.10.